The third-order valence-corrected chi connectivity index (χ3v) is 9.56. The van der Waals surface area contributed by atoms with E-state index in [1.165, 1.54) is 15.2 Å². The third kappa shape index (κ3) is 5.90. The van der Waals surface area contributed by atoms with Crippen molar-refractivity contribution in [3.63, 3.8) is 0 Å². The van der Waals surface area contributed by atoms with Gasteiger partial charge in [0.05, 0.1) is 18.5 Å². The average molecular weight is 820 g/mol. The minimum atomic E-state index is -0.465. The van der Waals surface area contributed by atoms with Crippen LogP contribution in [-0.2, 0) is 16.2 Å². The number of carbonyl (C=O) groups excluding carboxylic acids is 2. The predicted molar refractivity (Wildman–Crippen MR) is 198 cm³/mol. The summed E-state index contributed by atoms with van der Waals surface area (Å²) < 4.78 is 8.08. The van der Waals surface area contributed by atoms with Crippen molar-refractivity contribution in [3.05, 3.63) is 138 Å². The Morgan fingerprint density at radius 1 is 0.727 bits per heavy atom. The van der Waals surface area contributed by atoms with Gasteiger partial charge in [-0.3, -0.25) is 19.4 Å². The number of fused-ring (bicyclic) bond motifs is 1. The molecule has 0 atom stereocenters. The highest BCUT2D eigenvalue weighted by molar-refractivity contribution is 14.1. The van der Waals surface area contributed by atoms with Gasteiger partial charge in [0.1, 0.15) is 17.9 Å². The van der Waals surface area contributed by atoms with Crippen LogP contribution in [0.4, 0.5) is 11.4 Å². The van der Waals surface area contributed by atoms with Gasteiger partial charge in [-0.05, 0) is 147 Å². The van der Waals surface area contributed by atoms with Crippen LogP contribution in [0.25, 0.3) is 16.8 Å². The van der Waals surface area contributed by atoms with E-state index >= 15 is 0 Å². The van der Waals surface area contributed by atoms with E-state index in [9.17, 15) is 9.59 Å². The lowest BCUT2D eigenvalue weighted by Gasteiger charge is -2.36. The van der Waals surface area contributed by atoms with E-state index in [-0.39, 0.29) is 10.7 Å². The van der Waals surface area contributed by atoms with Gasteiger partial charge in [-0.25, -0.2) is 0 Å². The molecule has 0 saturated carbocycles. The smallest absolute Gasteiger partial charge is 0.270 e. The minimum Gasteiger partial charge on any atom is -0.487 e. The van der Waals surface area contributed by atoms with Gasteiger partial charge in [0, 0.05) is 0 Å². The summed E-state index contributed by atoms with van der Waals surface area (Å²) in [6, 6.07) is 33.2. The Balaban J connectivity index is 1.36. The second-order valence-electron chi connectivity index (χ2n) is 10.5. The molecule has 5 aromatic carbocycles. The quantitative estimate of drug-likeness (QED) is 0.0744. The fraction of sp³-hybridized carbons (Fsp3) is 0.0833. The molecule has 0 aromatic heterocycles. The minimum absolute atomic E-state index is 0.0247. The molecule has 1 aliphatic heterocycles. The first-order valence-corrected chi connectivity index (χ1v) is 16.4. The number of carbonyl (C=O) groups is 2. The van der Waals surface area contributed by atoms with Crippen LogP contribution in [0.5, 0.6) is 5.75 Å². The van der Waals surface area contributed by atoms with Crippen molar-refractivity contribution in [2.24, 2.45) is 0 Å². The second-order valence-corrected chi connectivity index (χ2v) is 13.2. The molecule has 0 aliphatic carbocycles. The van der Waals surface area contributed by atoms with Crippen LogP contribution >= 0.6 is 57.4 Å². The highest BCUT2D eigenvalue weighted by Crippen LogP contribution is 2.34. The zero-order valence-corrected chi connectivity index (χ0v) is 29.0. The maximum Gasteiger partial charge on any atom is 0.270 e. The molecule has 0 bridgehead atoms. The number of anilines is 2. The Kier molecular flexibility index (Phi) is 8.84. The number of aryl methyl sites for hydroxylation is 2. The summed E-state index contributed by atoms with van der Waals surface area (Å²) in [5.41, 5.74) is 5.17. The lowest BCUT2D eigenvalue weighted by Crippen LogP contribution is -2.57. The van der Waals surface area contributed by atoms with E-state index in [4.69, 9.17) is 17.0 Å². The van der Waals surface area contributed by atoms with Crippen molar-refractivity contribution in [2.45, 2.75) is 20.5 Å². The summed E-state index contributed by atoms with van der Waals surface area (Å²) in [7, 11) is 0. The Morgan fingerprint density at radius 2 is 1.36 bits per heavy atom. The van der Waals surface area contributed by atoms with Crippen molar-refractivity contribution in [1.29, 1.82) is 0 Å². The number of hydrogen-bond donors (Lipinski definition) is 0. The Labute approximate surface area is 288 Å². The predicted octanol–water partition coefficient (Wildman–Crippen LogP) is 8.99. The Hall–Kier alpha value is -3.61. The van der Waals surface area contributed by atoms with Gasteiger partial charge in [0.2, 0.25) is 0 Å². The normalized spacial score (nSPS) is 14.5. The van der Waals surface area contributed by atoms with Crippen molar-refractivity contribution < 1.29 is 14.3 Å². The number of ether oxygens (including phenoxy) is 1. The summed E-state index contributed by atoms with van der Waals surface area (Å²) >= 11 is 10.3. The van der Waals surface area contributed by atoms with Gasteiger partial charge in [-0.2, -0.15) is 0 Å². The molecule has 5 aromatic rings. The molecular formula is C36H26I2N2O3S. The number of hydrogen-bond acceptors (Lipinski definition) is 4. The van der Waals surface area contributed by atoms with Crippen LogP contribution in [0.2, 0.25) is 0 Å². The number of para-hydroxylation sites is 1. The first-order chi connectivity index (χ1) is 21.2. The number of halogens is 2. The number of nitrogens with zero attached hydrogens (tertiary/aromatic N) is 2. The fourth-order valence-electron chi connectivity index (χ4n) is 5.16. The number of amides is 2. The van der Waals surface area contributed by atoms with Gasteiger partial charge in [-0.15, -0.1) is 0 Å². The number of thiocarbonyl (C=S) groups is 1. The van der Waals surface area contributed by atoms with Crippen LogP contribution in [-0.4, -0.2) is 16.9 Å². The topological polar surface area (TPSA) is 49.9 Å². The molecule has 2 amide bonds. The molecular weight excluding hydrogens is 794 g/mol. The zero-order valence-electron chi connectivity index (χ0n) is 23.9. The molecule has 1 saturated heterocycles. The Morgan fingerprint density at radius 3 is 2.07 bits per heavy atom. The van der Waals surface area contributed by atoms with Gasteiger partial charge in [0.25, 0.3) is 11.8 Å². The summed E-state index contributed by atoms with van der Waals surface area (Å²) in [6.07, 6.45) is 1.65. The van der Waals surface area contributed by atoms with E-state index in [1.54, 1.807) is 6.08 Å². The second kappa shape index (κ2) is 12.8. The number of benzene rings is 5. The lowest BCUT2D eigenvalue weighted by molar-refractivity contribution is -0.120. The largest absolute Gasteiger partial charge is 0.487 e. The van der Waals surface area contributed by atoms with Gasteiger partial charge in [-0.1, -0.05) is 66.7 Å². The van der Waals surface area contributed by atoms with E-state index in [1.807, 2.05) is 92.7 Å². The van der Waals surface area contributed by atoms with Crippen LogP contribution < -0.4 is 14.5 Å². The molecule has 8 heteroatoms. The summed E-state index contributed by atoms with van der Waals surface area (Å²) in [5.74, 6) is -0.171. The molecule has 1 heterocycles. The van der Waals surface area contributed by atoms with E-state index in [0.717, 1.165) is 35.0 Å². The fourth-order valence-corrected chi connectivity index (χ4v) is 7.67. The highest BCUT2D eigenvalue weighted by Gasteiger charge is 2.41. The van der Waals surface area contributed by atoms with E-state index in [2.05, 4.69) is 69.4 Å². The molecule has 44 heavy (non-hydrogen) atoms. The molecule has 0 N–H and O–H groups in total. The molecule has 218 valence electrons. The van der Waals surface area contributed by atoms with Crippen LogP contribution in [0.15, 0.2) is 109 Å². The summed E-state index contributed by atoms with van der Waals surface area (Å²) in [4.78, 5) is 30.8. The average Bonchev–Trinajstić information content (AvgIpc) is 3.01. The first-order valence-electron chi connectivity index (χ1n) is 13.9. The molecule has 0 unspecified atom stereocenters. The van der Waals surface area contributed by atoms with E-state index < -0.39 is 11.8 Å². The first kappa shape index (κ1) is 30.4. The van der Waals surface area contributed by atoms with Crippen molar-refractivity contribution in [2.75, 3.05) is 9.80 Å². The molecule has 5 nitrogen and oxygen atoms in total. The highest BCUT2D eigenvalue weighted by atomic mass is 127. The maximum absolute atomic E-state index is 14.0. The van der Waals surface area contributed by atoms with Crippen molar-refractivity contribution in [3.8, 4) is 5.75 Å². The monoisotopic (exact) mass is 820 g/mol. The SMILES string of the molecule is Cc1ccc(N2C(=O)/C(=C/c3cc(I)c(OCc4cccc5ccccc45)c(I)c3)C(=O)N(c3ccccc3)C2=S)cc1C. The summed E-state index contributed by atoms with van der Waals surface area (Å²) in [5, 5.41) is 2.44. The van der Waals surface area contributed by atoms with Gasteiger partial charge >= 0.3 is 0 Å². The molecule has 0 spiro atoms. The molecule has 1 fully saturated rings. The van der Waals surface area contributed by atoms with Crippen LogP contribution in [0.1, 0.15) is 22.3 Å². The van der Waals surface area contributed by atoms with Crippen LogP contribution in [0, 0.1) is 21.0 Å². The molecule has 6 rings (SSSR count). The van der Waals surface area contributed by atoms with Crippen molar-refractivity contribution in [1.82, 2.24) is 0 Å². The maximum atomic E-state index is 14.0. The lowest BCUT2D eigenvalue weighted by atomic mass is 10.0. The van der Waals surface area contributed by atoms with Gasteiger partial charge < -0.3 is 4.74 Å². The standard InChI is InChI=1S/C36H26I2N2O3S/c1-22-15-16-28(17-23(22)2)40-35(42)30(34(41)39(36(40)44)27-12-4-3-5-13-27)18-24-19-31(37)33(32(38)20-24)43-21-26-11-8-10-25-9-6-7-14-29(25)26/h3-20H,21H2,1-2H3/b30-18+. The van der Waals surface area contributed by atoms with Gasteiger partial charge in [0.15, 0.2) is 5.11 Å². The van der Waals surface area contributed by atoms with E-state index in [0.29, 0.717) is 23.5 Å². The Bertz CT molecular complexity index is 1960. The zero-order chi connectivity index (χ0) is 31.0. The summed E-state index contributed by atoms with van der Waals surface area (Å²) in [6.45, 7) is 4.42. The third-order valence-electron chi connectivity index (χ3n) is 7.60. The molecule has 0 radical (unpaired) electrons. The van der Waals surface area contributed by atoms with Crippen LogP contribution in [0.3, 0.4) is 0 Å². The van der Waals surface area contributed by atoms with Crippen molar-refractivity contribution >= 4 is 103 Å². The number of rotatable bonds is 6. The molecule has 1 aliphatic rings.